The Kier molecular flexibility index (Phi) is 3.37. The summed E-state index contributed by atoms with van der Waals surface area (Å²) in [6.45, 7) is 6.18. The second-order valence-corrected chi connectivity index (χ2v) is 4.88. The summed E-state index contributed by atoms with van der Waals surface area (Å²) in [5.74, 6) is 0.433. The molecule has 2 atom stereocenters. The predicted molar refractivity (Wildman–Crippen MR) is 54.9 cm³/mol. The first-order valence-corrected chi connectivity index (χ1v) is 5.11. The first-order chi connectivity index (χ1) is 6.38. The Bertz CT molecular complexity index is 211. The van der Waals surface area contributed by atoms with Gasteiger partial charge in [-0.3, -0.25) is 0 Å². The van der Waals surface area contributed by atoms with Crippen molar-refractivity contribution >= 4 is 6.09 Å². The summed E-state index contributed by atoms with van der Waals surface area (Å²) in [6, 6.07) is 0.255. The molecule has 0 radical (unpaired) electrons. The van der Waals surface area contributed by atoms with Gasteiger partial charge in [-0.1, -0.05) is 0 Å². The number of carbonyl (C=O) groups excluding carboxylic acids is 1. The third-order valence-corrected chi connectivity index (χ3v) is 2.38. The summed E-state index contributed by atoms with van der Waals surface area (Å²) >= 11 is 0. The van der Waals surface area contributed by atoms with Crippen molar-refractivity contribution in [3.63, 3.8) is 0 Å². The van der Waals surface area contributed by atoms with Crippen LogP contribution in [0.25, 0.3) is 0 Å². The van der Waals surface area contributed by atoms with Crippen molar-refractivity contribution in [1.29, 1.82) is 0 Å². The van der Waals surface area contributed by atoms with E-state index in [4.69, 9.17) is 10.5 Å². The van der Waals surface area contributed by atoms with Gasteiger partial charge in [0, 0.05) is 12.6 Å². The number of amides is 1. The van der Waals surface area contributed by atoms with Crippen LogP contribution in [-0.4, -0.2) is 24.3 Å². The van der Waals surface area contributed by atoms with Crippen LogP contribution >= 0.6 is 0 Å². The van der Waals surface area contributed by atoms with E-state index in [0.717, 1.165) is 12.8 Å². The van der Waals surface area contributed by atoms with Gasteiger partial charge in [-0.2, -0.15) is 0 Å². The number of ether oxygens (including phenoxy) is 1. The van der Waals surface area contributed by atoms with Crippen LogP contribution in [0.15, 0.2) is 0 Å². The van der Waals surface area contributed by atoms with Crippen LogP contribution in [0.1, 0.15) is 33.6 Å². The topological polar surface area (TPSA) is 64.3 Å². The molecule has 14 heavy (non-hydrogen) atoms. The van der Waals surface area contributed by atoms with Crippen molar-refractivity contribution in [2.75, 3.05) is 6.54 Å². The molecule has 0 aliphatic heterocycles. The minimum atomic E-state index is -0.425. The first kappa shape index (κ1) is 11.3. The standard InChI is InChI=1S/C10H20N2O2/c1-10(2,3)14-9(13)12-6-7-4-5-8(7)11/h7-8H,4-6,11H2,1-3H3,(H,12,13). The molecule has 1 fully saturated rings. The minimum absolute atomic E-state index is 0.255. The summed E-state index contributed by atoms with van der Waals surface area (Å²) in [5.41, 5.74) is 5.32. The zero-order chi connectivity index (χ0) is 10.8. The highest BCUT2D eigenvalue weighted by Crippen LogP contribution is 2.24. The molecule has 0 saturated heterocycles. The molecule has 0 heterocycles. The summed E-state index contributed by atoms with van der Waals surface area (Å²) in [4.78, 5) is 11.2. The average molecular weight is 200 g/mol. The zero-order valence-electron chi connectivity index (χ0n) is 9.17. The van der Waals surface area contributed by atoms with Gasteiger partial charge in [0.05, 0.1) is 0 Å². The number of nitrogens with two attached hydrogens (primary N) is 1. The van der Waals surface area contributed by atoms with Gasteiger partial charge in [-0.25, -0.2) is 4.79 Å². The molecule has 0 aromatic heterocycles. The fraction of sp³-hybridized carbons (Fsp3) is 0.900. The predicted octanol–water partition coefficient (Wildman–Crippen LogP) is 1.25. The van der Waals surface area contributed by atoms with Crippen molar-refractivity contribution in [2.45, 2.75) is 45.3 Å². The maximum absolute atomic E-state index is 11.2. The van der Waals surface area contributed by atoms with Gasteiger partial charge in [0.2, 0.25) is 0 Å². The molecule has 0 spiro atoms. The Morgan fingerprint density at radius 3 is 2.50 bits per heavy atom. The lowest BCUT2D eigenvalue weighted by atomic mass is 9.80. The van der Waals surface area contributed by atoms with Gasteiger partial charge in [-0.05, 0) is 39.5 Å². The number of rotatable bonds is 2. The molecule has 4 nitrogen and oxygen atoms in total. The molecule has 4 heteroatoms. The summed E-state index contributed by atoms with van der Waals surface area (Å²) < 4.78 is 5.10. The van der Waals surface area contributed by atoms with Crippen LogP contribution in [0, 0.1) is 5.92 Å². The smallest absolute Gasteiger partial charge is 0.407 e. The highest BCUT2D eigenvalue weighted by molar-refractivity contribution is 5.67. The van der Waals surface area contributed by atoms with E-state index < -0.39 is 5.60 Å². The third-order valence-electron chi connectivity index (χ3n) is 2.38. The zero-order valence-corrected chi connectivity index (χ0v) is 9.17. The monoisotopic (exact) mass is 200 g/mol. The quantitative estimate of drug-likeness (QED) is 0.705. The average Bonchev–Trinajstić information content (AvgIpc) is 1.98. The molecule has 0 aromatic rings. The second-order valence-electron chi connectivity index (χ2n) is 4.88. The molecule has 1 aliphatic carbocycles. The SMILES string of the molecule is CC(C)(C)OC(=O)NCC1CCC1N. The Labute approximate surface area is 85.2 Å². The molecule has 3 N–H and O–H groups in total. The van der Waals surface area contributed by atoms with E-state index in [-0.39, 0.29) is 12.1 Å². The number of hydrogen-bond donors (Lipinski definition) is 2. The Morgan fingerprint density at radius 2 is 2.14 bits per heavy atom. The molecular formula is C10H20N2O2. The van der Waals surface area contributed by atoms with Gasteiger partial charge < -0.3 is 15.8 Å². The van der Waals surface area contributed by atoms with Crippen LogP contribution in [-0.2, 0) is 4.74 Å². The fourth-order valence-electron chi connectivity index (χ4n) is 1.38. The first-order valence-electron chi connectivity index (χ1n) is 5.11. The van der Waals surface area contributed by atoms with Crippen molar-refractivity contribution in [3.05, 3.63) is 0 Å². The summed E-state index contributed by atoms with van der Waals surface area (Å²) in [7, 11) is 0. The second kappa shape index (κ2) is 4.17. The molecule has 0 aromatic carbocycles. The van der Waals surface area contributed by atoms with Gasteiger partial charge in [-0.15, -0.1) is 0 Å². The molecule has 1 amide bonds. The van der Waals surface area contributed by atoms with Crippen molar-refractivity contribution < 1.29 is 9.53 Å². The highest BCUT2D eigenvalue weighted by Gasteiger charge is 2.28. The van der Waals surface area contributed by atoms with Crippen LogP contribution in [0.3, 0.4) is 0 Å². The minimum Gasteiger partial charge on any atom is -0.444 e. The fourth-order valence-corrected chi connectivity index (χ4v) is 1.38. The van der Waals surface area contributed by atoms with Crippen LogP contribution in [0.5, 0.6) is 0 Å². The van der Waals surface area contributed by atoms with Gasteiger partial charge in [0.1, 0.15) is 5.60 Å². The van der Waals surface area contributed by atoms with Gasteiger partial charge in [0.25, 0.3) is 0 Å². The number of hydrogen-bond acceptors (Lipinski definition) is 3. The molecule has 1 saturated carbocycles. The maximum atomic E-state index is 11.2. The molecular weight excluding hydrogens is 180 g/mol. The van der Waals surface area contributed by atoms with Gasteiger partial charge >= 0.3 is 6.09 Å². The van der Waals surface area contributed by atoms with Crippen LogP contribution < -0.4 is 11.1 Å². The lowest BCUT2D eigenvalue weighted by molar-refractivity contribution is 0.0506. The van der Waals surface area contributed by atoms with Crippen molar-refractivity contribution in [2.24, 2.45) is 11.7 Å². The van der Waals surface area contributed by atoms with Crippen LogP contribution in [0.4, 0.5) is 4.79 Å². The van der Waals surface area contributed by atoms with Crippen molar-refractivity contribution in [1.82, 2.24) is 5.32 Å². The Balaban J connectivity index is 2.15. The van der Waals surface area contributed by atoms with E-state index in [9.17, 15) is 4.79 Å². The number of alkyl carbamates (subject to hydrolysis) is 1. The van der Waals surface area contributed by atoms with E-state index in [1.54, 1.807) is 0 Å². The van der Waals surface area contributed by atoms with Gasteiger partial charge in [0.15, 0.2) is 0 Å². The van der Waals surface area contributed by atoms with Crippen molar-refractivity contribution in [3.8, 4) is 0 Å². The number of nitrogens with one attached hydrogen (secondary N) is 1. The third kappa shape index (κ3) is 3.54. The normalized spacial score (nSPS) is 26.6. The van der Waals surface area contributed by atoms with E-state index in [0.29, 0.717) is 12.5 Å². The molecule has 2 unspecified atom stereocenters. The van der Waals surface area contributed by atoms with Crippen LogP contribution in [0.2, 0.25) is 0 Å². The molecule has 82 valence electrons. The molecule has 1 rings (SSSR count). The number of carbonyl (C=O) groups is 1. The molecule has 1 aliphatic rings. The lowest BCUT2D eigenvalue weighted by Gasteiger charge is -2.33. The Morgan fingerprint density at radius 1 is 1.50 bits per heavy atom. The lowest BCUT2D eigenvalue weighted by Crippen LogP contribution is -2.46. The molecule has 0 bridgehead atoms. The van der Waals surface area contributed by atoms with E-state index in [1.807, 2.05) is 20.8 Å². The largest absolute Gasteiger partial charge is 0.444 e. The summed E-state index contributed by atoms with van der Waals surface area (Å²) in [5, 5.41) is 2.73. The van der Waals surface area contributed by atoms with E-state index >= 15 is 0 Å². The highest BCUT2D eigenvalue weighted by atomic mass is 16.6. The Hall–Kier alpha value is -0.770. The van der Waals surface area contributed by atoms with E-state index in [1.165, 1.54) is 0 Å². The summed E-state index contributed by atoms with van der Waals surface area (Å²) in [6.07, 6.45) is 1.83. The maximum Gasteiger partial charge on any atom is 0.407 e. The van der Waals surface area contributed by atoms with E-state index in [2.05, 4.69) is 5.32 Å².